The van der Waals surface area contributed by atoms with Crippen molar-refractivity contribution in [3.05, 3.63) is 109 Å². The highest BCUT2D eigenvalue weighted by atomic mass is 16.6. The molecule has 0 radical (unpaired) electrons. The lowest BCUT2D eigenvalue weighted by atomic mass is 10.0. The predicted molar refractivity (Wildman–Crippen MR) is 334 cm³/mol. The SMILES string of the molecule is CC/C=C\C/C=C\C/C=C\C/C=C\C/C=C\CCCC(=O)OC(COC(=O)CCCCCCCCC/C=C\C/C=C\CCCCC)COC(=O)CCCCCCCCCCCCCCC/C=C\C/C=C\CCCCCCC. The first kappa shape index (κ1) is 73.1. The number of carbonyl (C=O) groups is 3. The number of unbranched alkanes of at least 4 members (excludes halogenated alkanes) is 29. The van der Waals surface area contributed by atoms with E-state index < -0.39 is 6.10 Å². The summed E-state index contributed by atoms with van der Waals surface area (Å²) in [5, 5.41) is 0. The van der Waals surface area contributed by atoms with Gasteiger partial charge >= 0.3 is 17.9 Å². The molecule has 0 aliphatic carbocycles. The maximum atomic E-state index is 12.9. The molecule has 0 N–H and O–H groups in total. The Balaban J connectivity index is 4.40. The zero-order valence-corrected chi connectivity index (χ0v) is 50.4. The van der Waals surface area contributed by atoms with Crippen molar-refractivity contribution < 1.29 is 28.6 Å². The number of carbonyl (C=O) groups excluding carboxylic acids is 3. The van der Waals surface area contributed by atoms with Crippen molar-refractivity contribution in [3.63, 3.8) is 0 Å². The largest absolute Gasteiger partial charge is 0.462 e. The van der Waals surface area contributed by atoms with Gasteiger partial charge in [-0.1, -0.05) is 271 Å². The second kappa shape index (κ2) is 64.6. The van der Waals surface area contributed by atoms with Crippen molar-refractivity contribution in [1.29, 1.82) is 0 Å². The van der Waals surface area contributed by atoms with Crippen molar-refractivity contribution >= 4 is 17.9 Å². The summed E-state index contributed by atoms with van der Waals surface area (Å²) in [6.07, 6.45) is 88.1. The average molecular weight is 1070 g/mol. The maximum absolute atomic E-state index is 12.9. The highest BCUT2D eigenvalue weighted by Crippen LogP contribution is 2.16. The molecule has 0 fully saturated rings. The Bertz CT molecular complexity index is 1560. The van der Waals surface area contributed by atoms with Crippen molar-refractivity contribution in [1.82, 2.24) is 0 Å². The Morgan fingerprint density at radius 3 is 0.857 bits per heavy atom. The van der Waals surface area contributed by atoms with E-state index in [0.717, 1.165) is 96.3 Å². The number of hydrogen-bond donors (Lipinski definition) is 0. The molecule has 0 aliphatic rings. The van der Waals surface area contributed by atoms with Crippen LogP contribution in [0.2, 0.25) is 0 Å². The third-order valence-corrected chi connectivity index (χ3v) is 13.7. The maximum Gasteiger partial charge on any atom is 0.306 e. The second-order valence-corrected chi connectivity index (χ2v) is 21.3. The molecule has 0 heterocycles. The number of esters is 3. The second-order valence-electron chi connectivity index (χ2n) is 21.3. The van der Waals surface area contributed by atoms with Gasteiger partial charge in [0.2, 0.25) is 0 Å². The smallest absolute Gasteiger partial charge is 0.306 e. The molecule has 0 aromatic carbocycles. The zero-order valence-electron chi connectivity index (χ0n) is 50.4. The van der Waals surface area contributed by atoms with Crippen molar-refractivity contribution in [2.24, 2.45) is 0 Å². The molecule has 0 saturated carbocycles. The molecule has 0 aromatic heterocycles. The summed E-state index contributed by atoms with van der Waals surface area (Å²) >= 11 is 0. The third kappa shape index (κ3) is 62.8. The van der Waals surface area contributed by atoms with Crippen LogP contribution in [-0.2, 0) is 28.6 Å². The van der Waals surface area contributed by atoms with Gasteiger partial charge in [0.1, 0.15) is 13.2 Å². The molecule has 6 heteroatoms. The predicted octanol–water partition coefficient (Wildman–Crippen LogP) is 22.2. The molecular formula is C71H120O6. The quantitative estimate of drug-likeness (QED) is 0.0261. The van der Waals surface area contributed by atoms with Gasteiger partial charge in [-0.05, 0) is 122 Å². The fraction of sp³-hybridized carbons (Fsp3) is 0.704. The Hall–Kier alpha value is -3.93. The summed E-state index contributed by atoms with van der Waals surface area (Å²) in [5.74, 6) is -0.964. The molecule has 0 aliphatic heterocycles. The van der Waals surface area contributed by atoms with Crippen LogP contribution < -0.4 is 0 Å². The van der Waals surface area contributed by atoms with Gasteiger partial charge in [-0.15, -0.1) is 0 Å². The van der Waals surface area contributed by atoms with Crippen LogP contribution in [-0.4, -0.2) is 37.2 Å². The van der Waals surface area contributed by atoms with E-state index in [9.17, 15) is 14.4 Å². The van der Waals surface area contributed by atoms with Crippen LogP contribution in [0.1, 0.15) is 303 Å². The summed E-state index contributed by atoms with van der Waals surface area (Å²) in [4.78, 5) is 38.3. The fourth-order valence-electron chi connectivity index (χ4n) is 8.89. The zero-order chi connectivity index (χ0) is 55.7. The average Bonchev–Trinajstić information content (AvgIpc) is 3.43. The summed E-state index contributed by atoms with van der Waals surface area (Å²) in [7, 11) is 0. The summed E-state index contributed by atoms with van der Waals surface area (Å²) in [5.41, 5.74) is 0. The van der Waals surface area contributed by atoms with Gasteiger partial charge in [0, 0.05) is 19.3 Å². The molecule has 6 nitrogen and oxygen atoms in total. The van der Waals surface area contributed by atoms with Crippen LogP contribution in [0.4, 0.5) is 0 Å². The molecule has 1 unspecified atom stereocenters. The van der Waals surface area contributed by atoms with E-state index in [0.29, 0.717) is 19.3 Å². The molecular weight excluding hydrogens is 949 g/mol. The van der Waals surface area contributed by atoms with E-state index >= 15 is 0 Å². The van der Waals surface area contributed by atoms with E-state index in [2.05, 4.69) is 130 Å². The molecule has 0 spiro atoms. The van der Waals surface area contributed by atoms with Crippen LogP contribution in [0, 0.1) is 0 Å². The highest BCUT2D eigenvalue weighted by molar-refractivity contribution is 5.71. The Morgan fingerprint density at radius 2 is 0.519 bits per heavy atom. The van der Waals surface area contributed by atoms with Gasteiger partial charge in [0.15, 0.2) is 6.10 Å². The van der Waals surface area contributed by atoms with Crippen LogP contribution in [0.3, 0.4) is 0 Å². The molecule has 0 amide bonds. The minimum Gasteiger partial charge on any atom is -0.462 e. The third-order valence-electron chi connectivity index (χ3n) is 13.7. The van der Waals surface area contributed by atoms with E-state index in [-0.39, 0.29) is 37.5 Å². The number of allylic oxidation sites excluding steroid dienone is 18. The van der Waals surface area contributed by atoms with Crippen LogP contribution >= 0.6 is 0 Å². The van der Waals surface area contributed by atoms with Crippen LogP contribution in [0.5, 0.6) is 0 Å². The Morgan fingerprint density at radius 1 is 0.273 bits per heavy atom. The van der Waals surface area contributed by atoms with Gasteiger partial charge in [0.25, 0.3) is 0 Å². The first-order valence-corrected chi connectivity index (χ1v) is 32.4. The van der Waals surface area contributed by atoms with Gasteiger partial charge in [-0.2, -0.15) is 0 Å². The lowest BCUT2D eigenvalue weighted by molar-refractivity contribution is -0.167. The number of ether oxygens (including phenoxy) is 3. The van der Waals surface area contributed by atoms with Crippen molar-refractivity contribution in [3.8, 4) is 0 Å². The molecule has 440 valence electrons. The lowest BCUT2D eigenvalue weighted by Gasteiger charge is -2.18. The van der Waals surface area contributed by atoms with E-state index in [1.807, 2.05) is 0 Å². The lowest BCUT2D eigenvalue weighted by Crippen LogP contribution is -2.30. The Labute approximate surface area is 476 Å². The number of rotatable bonds is 58. The molecule has 0 aromatic rings. The van der Waals surface area contributed by atoms with Crippen LogP contribution in [0.25, 0.3) is 0 Å². The van der Waals surface area contributed by atoms with Crippen LogP contribution in [0.15, 0.2) is 109 Å². The molecule has 0 saturated heterocycles. The summed E-state index contributed by atoms with van der Waals surface area (Å²) in [6, 6.07) is 0. The summed E-state index contributed by atoms with van der Waals surface area (Å²) < 4.78 is 16.9. The first-order chi connectivity index (χ1) is 38.0. The van der Waals surface area contributed by atoms with Gasteiger partial charge in [0.05, 0.1) is 0 Å². The number of hydrogen-bond acceptors (Lipinski definition) is 6. The van der Waals surface area contributed by atoms with E-state index in [1.54, 1.807) is 0 Å². The minimum atomic E-state index is -0.814. The van der Waals surface area contributed by atoms with Gasteiger partial charge < -0.3 is 14.2 Å². The monoisotopic (exact) mass is 1070 g/mol. The standard InChI is InChI=1S/C71H120O6/c1-4-7-10-13-16-19-22-25-28-31-32-33-34-35-36-37-38-41-43-46-49-52-55-58-61-64-70(73)76-67-68(77-71(74)65-62-59-56-53-50-47-44-40-30-27-24-21-18-15-12-9-6-3)66-75-69(72)63-60-57-54-51-48-45-42-39-29-26-23-20-17-14-11-8-5-2/h9,12,17-18,20-22,25-27,29-32,44,47,53,56,68H,4-8,10-11,13-16,19,23-24,28,33-43,45-46,48-52,54-55,57-67H2,1-3H3/b12-9-,20-17-,21-18-,25-22-,29-26-,30-27-,32-31-,47-44-,56-53-. The topological polar surface area (TPSA) is 78.9 Å². The molecule has 1 atom stereocenters. The minimum absolute atomic E-state index is 0.104. The van der Waals surface area contributed by atoms with Crippen molar-refractivity contribution in [2.75, 3.05) is 13.2 Å². The Kier molecular flexibility index (Phi) is 61.3. The fourth-order valence-corrected chi connectivity index (χ4v) is 8.89. The first-order valence-electron chi connectivity index (χ1n) is 32.4. The normalized spacial score (nSPS) is 12.8. The van der Waals surface area contributed by atoms with Gasteiger partial charge in [-0.3, -0.25) is 14.4 Å². The highest BCUT2D eigenvalue weighted by Gasteiger charge is 2.19. The molecule has 0 rings (SSSR count). The molecule has 0 bridgehead atoms. The van der Waals surface area contributed by atoms with Gasteiger partial charge in [-0.25, -0.2) is 0 Å². The van der Waals surface area contributed by atoms with E-state index in [4.69, 9.17) is 14.2 Å². The molecule has 77 heavy (non-hydrogen) atoms. The summed E-state index contributed by atoms with van der Waals surface area (Å²) in [6.45, 7) is 6.46. The van der Waals surface area contributed by atoms with E-state index in [1.165, 1.54) is 161 Å². The van der Waals surface area contributed by atoms with Crippen molar-refractivity contribution in [2.45, 2.75) is 309 Å².